The molecule has 4 N–H and O–H groups in total. The Labute approximate surface area is 280 Å². The number of anilines is 1. The topological polar surface area (TPSA) is 169 Å². The summed E-state index contributed by atoms with van der Waals surface area (Å²) < 4.78 is 86.5. The van der Waals surface area contributed by atoms with Gasteiger partial charge in [0.05, 0.1) is 29.1 Å². The molecule has 2 unspecified atom stereocenters. The summed E-state index contributed by atoms with van der Waals surface area (Å²) in [5.41, 5.74) is 9.30. The van der Waals surface area contributed by atoms with E-state index in [1.54, 1.807) is 25.1 Å². The summed E-state index contributed by atoms with van der Waals surface area (Å²) in [7, 11) is -3.99. The number of sulfonamides is 1. The monoisotopic (exact) mass is 699 g/mol. The van der Waals surface area contributed by atoms with Crippen LogP contribution in [0.3, 0.4) is 0 Å². The summed E-state index contributed by atoms with van der Waals surface area (Å²) >= 11 is 0. The number of azide groups is 1. The molecule has 1 heterocycles. The van der Waals surface area contributed by atoms with Gasteiger partial charge in [-0.3, -0.25) is 9.78 Å². The molecule has 0 bridgehead atoms. The van der Waals surface area contributed by atoms with E-state index in [4.69, 9.17) is 0 Å². The van der Waals surface area contributed by atoms with E-state index in [0.717, 1.165) is 36.7 Å². The van der Waals surface area contributed by atoms with Gasteiger partial charge in [0.25, 0.3) is 0 Å². The molecule has 4 atom stereocenters. The molecule has 0 fully saturated rings. The van der Waals surface area contributed by atoms with Gasteiger partial charge in [0.15, 0.2) is 0 Å². The summed E-state index contributed by atoms with van der Waals surface area (Å²) in [6.45, 7) is 1.76. The fraction of sp³-hybridized carbons (Fsp3) is 0.273. The Balaban J connectivity index is 1.63. The molecular formula is C33H33F4N7O4S. The average molecular weight is 700 g/mol. The zero-order valence-electron chi connectivity index (χ0n) is 26.1. The molecule has 0 radical (unpaired) electrons. The number of nitrogens with zero attached hydrogens (tertiary/aromatic N) is 4. The number of aliphatic hydroxyl groups excluding tert-OH is 1. The number of pyridine rings is 1. The number of aliphatic hydroxyl groups is 1. The number of aromatic nitrogens is 1. The van der Waals surface area contributed by atoms with Crippen molar-refractivity contribution in [1.29, 1.82) is 0 Å². The lowest BCUT2D eigenvalue weighted by molar-refractivity contribution is -0.117. The molecule has 0 aliphatic carbocycles. The van der Waals surface area contributed by atoms with Crippen LogP contribution in [0.15, 0.2) is 95.2 Å². The molecule has 3 aromatic carbocycles. The zero-order valence-corrected chi connectivity index (χ0v) is 26.9. The first-order chi connectivity index (χ1) is 23.4. The van der Waals surface area contributed by atoms with Crippen molar-refractivity contribution < 1.29 is 35.9 Å². The van der Waals surface area contributed by atoms with E-state index >= 15 is 4.39 Å². The first-order valence-electron chi connectivity index (χ1n) is 15.0. The predicted molar refractivity (Wildman–Crippen MR) is 174 cm³/mol. The maximum atomic E-state index is 15.3. The molecule has 0 aliphatic heterocycles. The lowest BCUT2D eigenvalue weighted by atomic mass is 9.84. The third kappa shape index (κ3) is 10.3. The highest BCUT2D eigenvalue weighted by atomic mass is 32.2. The van der Waals surface area contributed by atoms with Crippen LogP contribution in [-0.2, 0) is 21.2 Å². The van der Waals surface area contributed by atoms with Crippen LogP contribution in [0, 0.1) is 23.3 Å². The number of amides is 1. The van der Waals surface area contributed by atoms with Gasteiger partial charge >= 0.3 is 0 Å². The van der Waals surface area contributed by atoms with E-state index in [1.165, 1.54) is 24.3 Å². The molecule has 0 aliphatic rings. The van der Waals surface area contributed by atoms with Crippen LogP contribution < -0.4 is 15.4 Å². The molecule has 0 spiro atoms. The number of hydrogen-bond donors (Lipinski definition) is 4. The standard InChI is InChI=1S/C33H33F4N7O4S/c1-20(45)16-39-17-26(43-49(47,48)27-5-3-2-4-6-27)11-12-28-29(37)18-40-19-30(28)41-33(46)32(42-44-38)31(21-7-9-23(34)10-8-21)22-13-24(35)15-25(36)14-22/h2-10,13-15,18-20,26,31-32,39,43,45H,11-12,16-17H2,1H3,(H,41,46)/t20?,26-,31+,32?/m1/s1. The van der Waals surface area contributed by atoms with E-state index in [-0.39, 0.29) is 53.2 Å². The normalized spacial score (nSPS) is 13.9. The fourth-order valence-corrected chi connectivity index (χ4v) is 6.50. The smallest absolute Gasteiger partial charge is 0.240 e. The van der Waals surface area contributed by atoms with Crippen LogP contribution in [0.1, 0.15) is 36.0 Å². The molecule has 1 amide bonds. The molecule has 49 heavy (non-hydrogen) atoms. The quantitative estimate of drug-likeness (QED) is 0.0533. The van der Waals surface area contributed by atoms with E-state index in [9.17, 15) is 37.0 Å². The maximum Gasteiger partial charge on any atom is 0.240 e. The van der Waals surface area contributed by atoms with Crippen LogP contribution in [0.2, 0.25) is 0 Å². The summed E-state index contributed by atoms with van der Waals surface area (Å²) in [6, 6.07) is 12.3. The van der Waals surface area contributed by atoms with Crippen molar-refractivity contribution >= 4 is 21.6 Å². The van der Waals surface area contributed by atoms with Crippen molar-refractivity contribution in [3.8, 4) is 0 Å². The first-order valence-corrected chi connectivity index (χ1v) is 16.5. The van der Waals surface area contributed by atoms with Gasteiger partial charge in [0.1, 0.15) is 29.3 Å². The summed E-state index contributed by atoms with van der Waals surface area (Å²) in [5.74, 6) is -5.70. The van der Waals surface area contributed by atoms with Crippen LogP contribution >= 0.6 is 0 Å². The molecule has 258 valence electrons. The van der Waals surface area contributed by atoms with Crippen LogP contribution in [-0.4, -0.2) is 55.7 Å². The largest absolute Gasteiger partial charge is 0.392 e. The van der Waals surface area contributed by atoms with Crippen LogP contribution in [0.4, 0.5) is 23.2 Å². The SMILES string of the molecule is CC(O)CNC[C@@H](CCc1c(F)cncc1NC(=O)C(N=[N+]=[N-])[C@@H](c1ccc(F)cc1)c1cc(F)cc(F)c1)NS(=O)(=O)c1ccccc1. The molecule has 0 saturated carbocycles. The molecule has 1 aromatic heterocycles. The number of carbonyl (C=O) groups is 1. The number of nitrogens with one attached hydrogen (secondary N) is 3. The van der Waals surface area contributed by atoms with Crippen molar-refractivity contribution in [2.75, 3.05) is 18.4 Å². The van der Waals surface area contributed by atoms with Crippen molar-refractivity contribution in [3.05, 3.63) is 136 Å². The highest BCUT2D eigenvalue weighted by Gasteiger charge is 2.32. The molecule has 0 saturated heterocycles. The maximum absolute atomic E-state index is 15.3. The minimum Gasteiger partial charge on any atom is -0.392 e. The van der Waals surface area contributed by atoms with Crippen molar-refractivity contribution in [2.45, 2.75) is 48.8 Å². The molecule has 11 nitrogen and oxygen atoms in total. The Morgan fingerprint density at radius 3 is 2.24 bits per heavy atom. The third-order valence-electron chi connectivity index (χ3n) is 7.44. The Kier molecular flexibility index (Phi) is 12.8. The van der Waals surface area contributed by atoms with E-state index in [1.807, 2.05) is 0 Å². The van der Waals surface area contributed by atoms with Crippen molar-refractivity contribution in [3.63, 3.8) is 0 Å². The van der Waals surface area contributed by atoms with Gasteiger partial charge in [-0.1, -0.05) is 35.4 Å². The lowest BCUT2D eigenvalue weighted by Gasteiger charge is -2.25. The number of benzene rings is 3. The number of carbonyl (C=O) groups excluding carboxylic acids is 1. The zero-order chi connectivity index (χ0) is 35.6. The predicted octanol–water partition coefficient (Wildman–Crippen LogP) is 5.34. The molecule has 4 rings (SSSR count). The molecule has 4 aromatic rings. The van der Waals surface area contributed by atoms with Crippen molar-refractivity contribution in [1.82, 2.24) is 15.0 Å². The van der Waals surface area contributed by atoms with Crippen LogP contribution in [0.5, 0.6) is 0 Å². The lowest BCUT2D eigenvalue weighted by Crippen LogP contribution is -2.43. The number of rotatable bonds is 16. The molecule has 16 heteroatoms. The first kappa shape index (κ1) is 37.0. The highest BCUT2D eigenvalue weighted by molar-refractivity contribution is 7.89. The van der Waals surface area contributed by atoms with Gasteiger partial charge in [0.2, 0.25) is 15.9 Å². The van der Waals surface area contributed by atoms with Gasteiger partial charge in [-0.15, -0.1) is 0 Å². The third-order valence-corrected chi connectivity index (χ3v) is 8.98. The van der Waals surface area contributed by atoms with E-state index in [2.05, 4.69) is 30.4 Å². The molecular weight excluding hydrogens is 666 g/mol. The van der Waals surface area contributed by atoms with E-state index in [0.29, 0.717) is 6.07 Å². The van der Waals surface area contributed by atoms with Gasteiger partial charge in [0, 0.05) is 41.6 Å². The Morgan fingerprint density at radius 2 is 1.61 bits per heavy atom. The Hall–Kier alpha value is -4.86. The van der Waals surface area contributed by atoms with Crippen molar-refractivity contribution in [2.24, 2.45) is 5.11 Å². The summed E-state index contributed by atoms with van der Waals surface area (Å²) in [4.78, 5) is 20.3. The second-order valence-corrected chi connectivity index (χ2v) is 12.9. The number of hydrogen-bond acceptors (Lipinski definition) is 7. The number of halogens is 4. The summed E-state index contributed by atoms with van der Waals surface area (Å²) in [5, 5.41) is 18.7. The Bertz CT molecular complexity index is 1870. The second-order valence-electron chi connectivity index (χ2n) is 11.2. The summed E-state index contributed by atoms with van der Waals surface area (Å²) in [6.07, 6.45) is 1.22. The van der Waals surface area contributed by atoms with Gasteiger partial charge in [-0.25, -0.2) is 30.7 Å². The van der Waals surface area contributed by atoms with E-state index < -0.39 is 63.3 Å². The fourth-order valence-electron chi connectivity index (χ4n) is 5.21. The Morgan fingerprint density at radius 1 is 0.939 bits per heavy atom. The minimum absolute atomic E-state index is 0.0107. The van der Waals surface area contributed by atoms with Crippen LogP contribution in [0.25, 0.3) is 10.4 Å². The highest BCUT2D eigenvalue weighted by Crippen LogP contribution is 2.33. The second kappa shape index (κ2) is 17.0. The van der Waals surface area contributed by atoms with Gasteiger partial charge in [-0.05, 0) is 72.8 Å². The minimum atomic E-state index is -3.99. The average Bonchev–Trinajstić information content (AvgIpc) is 3.04. The van der Waals surface area contributed by atoms with Gasteiger partial charge in [-0.2, -0.15) is 0 Å². The van der Waals surface area contributed by atoms with Gasteiger partial charge < -0.3 is 15.7 Å².